The van der Waals surface area contributed by atoms with E-state index in [1.807, 2.05) is 18.8 Å². The first-order chi connectivity index (χ1) is 10.2. The van der Waals surface area contributed by atoms with Gasteiger partial charge in [0, 0.05) is 11.8 Å². The fourth-order valence-electron chi connectivity index (χ4n) is 2.31. The minimum atomic E-state index is 0.429. The maximum atomic E-state index is 3.43. The van der Waals surface area contributed by atoms with Crippen molar-refractivity contribution in [1.82, 2.24) is 5.32 Å². The second-order valence-corrected chi connectivity index (χ2v) is 6.84. The van der Waals surface area contributed by atoms with Crippen LogP contribution < -0.4 is 5.32 Å². The van der Waals surface area contributed by atoms with Crippen LogP contribution in [0.15, 0.2) is 54.6 Å². The van der Waals surface area contributed by atoms with Gasteiger partial charge >= 0.3 is 0 Å². The van der Waals surface area contributed by atoms with Gasteiger partial charge in [0.05, 0.1) is 0 Å². The molecule has 2 aromatic carbocycles. The topological polar surface area (TPSA) is 12.0 Å². The van der Waals surface area contributed by atoms with Crippen LogP contribution in [0.25, 0.3) is 11.1 Å². The molecule has 1 unspecified atom stereocenters. The molecule has 0 saturated carbocycles. The first-order valence-corrected chi connectivity index (χ1v) is 8.76. The molecule has 0 aliphatic carbocycles. The highest BCUT2D eigenvalue weighted by atomic mass is 32.2. The van der Waals surface area contributed by atoms with Gasteiger partial charge in [0.2, 0.25) is 0 Å². The van der Waals surface area contributed by atoms with Crippen molar-refractivity contribution < 1.29 is 0 Å². The number of rotatable bonds is 7. The van der Waals surface area contributed by atoms with Crippen molar-refractivity contribution >= 4 is 11.8 Å². The van der Waals surface area contributed by atoms with E-state index in [0.29, 0.717) is 6.04 Å². The third-order valence-electron chi connectivity index (χ3n) is 3.50. The Balaban J connectivity index is 2.03. The average Bonchev–Trinajstić information content (AvgIpc) is 2.52. The molecular weight excluding hydrogens is 274 g/mol. The summed E-state index contributed by atoms with van der Waals surface area (Å²) in [7, 11) is 2.05. The van der Waals surface area contributed by atoms with Crippen LogP contribution in [0.5, 0.6) is 0 Å². The fourth-order valence-corrected chi connectivity index (χ4v) is 3.51. The van der Waals surface area contributed by atoms with E-state index < -0.39 is 0 Å². The van der Waals surface area contributed by atoms with Crippen molar-refractivity contribution in [2.24, 2.45) is 5.92 Å². The fraction of sp³-hybridized carbons (Fsp3) is 0.368. The van der Waals surface area contributed by atoms with E-state index in [2.05, 4.69) is 73.8 Å². The number of hydrogen-bond donors (Lipinski definition) is 1. The number of thioether (sulfide) groups is 1. The Morgan fingerprint density at radius 1 is 0.857 bits per heavy atom. The molecule has 0 aliphatic rings. The first-order valence-electron chi connectivity index (χ1n) is 7.61. The normalized spacial score (nSPS) is 12.6. The van der Waals surface area contributed by atoms with Crippen LogP contribution in [0.4, 0.5) is 0 Å². The first kappa shape index (κ1) is 16.1. The van der Waals surface area contributed by atoms with E-state index in [1.165, 1.54) is 22.4 Å². The van der Waals surface area contributed by atoms with E-state index in [9.17, 15) is 0 Å². The van der Waals surface area contributed by atoms with Crippen molar-refractivity contribution in [1.29, 1.82) is 0 Å². The van der Waals surface area contributed by atoms with E-state index >= 15 is 0 Å². The molecule has 1 nitrogen and oxygen atoms in total. The zero-order valence-electron chi connectivity index (χ0n) is 13.2. The molecule has 1 N–H and O–H groups in total. The van der Waals surface area contributed by atoms with Gasteiger partial charge in [0.1, 0.15) is 0 Å². The summed E-state index contributed by atoms with van der Waals surface area (Å²) in [4.78, 5) is 0. The van der Waals surface area contributed by atoms with Crippen LogP contribution in [0.3, 0.4) is 0 Å². The summed E-state index contributed by atoms with van der Waals surface area (Å²) in [5.41, 5.74) is 3.93. The molecule has 0 amide bonds. The lowest BCUT2D eigenvalue weighted by Crippen LogP contribution is -2.19. The minimum absolute atomic E-state index is 0.429. The minimum Gasteiger partial charge on any atom is -0.312 e. The smallest absolute Gasteiger partial charge is 0.0409 e. The van der Waals surface area contributed by atoms with Crippen molar-refractivity contribution in [2.75, 3.05) is 18.6 Å². The summed E-state index contributed by atoms with van der Waals surface area (Å²) in [6.07, 6.45) is 0. The summed E-state index contributed by atoms with van der Waals surface area (Å²) in [6.45, 7) is 4.55. The Hall–Kier alpha value is -1.25. The monoisotopic (exact) mass is 299 g/mol. The van der Waals surface area contributed by atoms with Gasteiger partial charge in [-0.3, -0.25) is 0 Å². The van der Waals surface area contributed by atoms with Crippen molar-refractivity contribution in [3.8, 4) is 11.1 Å². The zero-order valence-corrected chi connectivity index (χ0v) is 14.0. The van der Waals surface area contributed by atoms with Gasteiger partial charge in [0.25, 0.3) is 0 Å². The second-order valence-electron chi connectivity index (χ2n) is 5.76. The molecule has 0 radical (unpaired) electrons. The molecule has 0 spiro atoms. The van der Waals surface area contributed by atoms with E-state index in [-0.39, 0.29) is 0 Å². The molecule has 0 bridgehead atoms. The molecule has 0 saturated heterocycles. The van der Waals surface area contributed by atoms with Crippen LogP contribution in [0.1, 0.15) is 25.5 Å². The molecular formula is C19H25NS. The average molecular weight is 299 g/mol. The molecule has 112 valence electrons. The van der Waals surface area contributed by atoms with Gasteiger partial charge in [-0.15, -0.1) is 0 Å². The molecule has 0 aromatic heterocycles. The number of hydrogen-bond acceptors (Lipinski definition) is 2. The standard InChI is InChI=1S/C19H25NS/c1-15(2)13-21-14-19(20-3)18-11-9-17(10-12-18)16-7-5-4-6-8-16/h4-12,15,19-20H,13-14H2,1-3H3. The SMILES string of the molecule is CNC(CSCC(C)C)c1ccc(-c2ccccc2)cc1. The largest absolute Gasteiger partial charge is 0.312 e. The molecule has 2 rings (SSSR count). The molecule has 2 aromatic rings. The Labute approximate surface area is 133 Å². The van der Waals surface area contributed by atoms with Crippen LogP contribution >= 0.6 is 11.8 Å². The maximum Gasteiger partial charge on any atom is 0.0409 e. The van der Waals surface area contributed by atoms with Crippen molar-refractivity contribution in [2.45, 2.75) is 19.9 Å². The van der Waals surface area contributed by atoms with Crippen molar-refractivity contribution in [3.63, 3.8) is 0 Å². The van der Waals surface area contributed by atoms with Crippen LogP contribution in [0, 0.1) is 5.92 Å². The number of nitrogens with one attached hydrogen (secondary N) is 1. The predicted molar refractivity (Wildman–Crippen MR) is 95.8 cm³/mol. The zero-order chi connectivity index (χ0) is 15.1. The highest BCUT2D eigenvalue weighted by Gasteiger charge is 2.09. The molecule has 0 fully saturated rings. The lowest BCUT2D eigenvalue weighted by molar-refractivity contribution is 0.659. The van der Waals surface area contributed by atoms with Gasteiger partial charge in [0.15, 0.2) is 0 Å². The molecule has 0 aliphatic heterocycles. The summed E-state index contributed by atoms with van der Waals surface area (Å²) in [5, 5.41) is 3.43. The molecule has 21 heavy (non-hydrogen) atoms. The highest BCUT2D eigenvalue weighted by molar-refractivity contribution is 7.99. The van der Waals surface area contributed by atoms with Crippen molar-refractivity contribution in [3.05, 3.63) is 60.2 Å². The van der Waals surface area contributed by atoms with Crippen LogP contribution in [-0.4, -0.2) is 18.6 Å². The Kier molecular flexibility index (Phi) is 6.34. The van der Waals surface area contributed by atoms with E-state index in [0.717, 1.165) is 11.7 Å². The number of benzene rings is 2. The second kappa shape index (κ2) is 8.26. The van der Waals surface area contributed by atoms with Crippen LogP contribution in [0.2, 0.25) is 0 Å². The predicted octanol–water partition coefficient (Wildman–Crippen LogP) is 5.00. The lowest BCUT2D eigenvalue weighted by Gasteiger charge is -2.17. The maximum absolute atomic E-state index is 3.43. The van der Waals surface area contributed by atoms with Gasteiger partial charge in [-0.2, -0.15) is 11.8 Å². The van der Waals surface area contributed by atoms with Gasteiger partial charge in [-0.05, 0) is 35.4 Å². The van der Waals surface area contributed by atoms with Crippen LogP contribution in [-0.2, 0) is 0 Å². The Morgan fingerprint density at radius 2 is 1.48 bits per heavy atom. The Morgan fingerprint density at radius 3 is 2.05 bits per heavy atom. The van der Waals surface area contributed by atoms with Gasteiger partial charge < -0.3 is 5.32 Å². The van der Waals surface area contributed by atoms with Gasteiger partial charge in [-0.25, -0.2) is 0 Å². The van der Waals surface area contributed by atoms with E-state index in [4.69, 9.17) is 0 Å². The third-order valence-corrected chi connectivity index (χ3v) is 4.98. The quantitative estimate of drug-likeness (QED) is 0.772. The molecule has 0 heterocycles. The van der Waals surface area contributed by atoms with Gasteiger partial charge in [-0.1, -0.05) is 68.4 Å². The highest BCUT2D eigenvalue weighted by Crippen LogP contribution is 2.24. The van der Waals surface area contributed by atoms with E-state index in [1.54, 1.807) is 0 Å². The summed E-state index contributed by atoms with van der Waals surface area (Å²) >= 11 is 2.03. The summed E-state index contributed by atoms with van der Waals surface area (Å²) < 4.78 is 0. The summed E-state index contributed by atoms with van der Waals surface area (Å²) in [5.74, 6) is 3.10. The third kappa shape index (κ3) is 4.90. The summed E-state index contributed by atoms with van der Waals surface area (Å²) in [6, 6.07) is 19.9. The lowest BCUT2D eigenvalue weighted by atomic mass is 10.0. The molecule has 1 atom stereocenters. The molecule has 2 heteroatoms. The Bertz CT molecular complexity index is 519.